The van der Waals surface area contributed by atoms with E-state index in [0.717, 1.165) is 10.0 Å². The Hall–Kier alpha value is -2.20. The summed E-state index contributed by atoms with van der Waals surface area (Å²) in [6.45, 7) is 0. The molecule has 6 nitrogen and oxygen atoms in total. The lowest BCUT2D eigenvalue weighted by atomic mass is 10.1. The molecule has 0 aromatic heterocycles. The molecule has 0 aliphatic carbocycles. The molecule has 2 N–H and O–H groups in total. The quantitative estimate of drug-likeness (QED) is 0.385. The molecular formula is C22H17Br2ClN2O4S. The molecule has 166 valence electrons. The largest absolute Gasteiger partial charge is 0.325 e. The van der Waals surface area contributed by atoms with Crippen LogP contribution >= 0.6 is 43.5 Å². The second kappa shape index (κ2) is 10.6. The first-order valence-corrected chi connectivity index (χ1v) is 12.9. The summed E-state index contributed by atoms with van der Waals surface area (Å²) in [5, 5.41) is 3.13. The third kappa shape index (κ3) is 6.90. The van der Waals surface area contributed by atoms with E-state index < -0.39 is 21.7 Å². The molecule has 0 bridgehead atoms. The van der Waals surface area contributed by atoms with Gasteiger partial charge in [0.25, 0.3) is 5.91 Å². The molecular weight excluding hydrogens is 584 g/mol. The van der Waals surface area contributed by atoms with Crippen LogP contribution in [0.5, 0.6) is 0 Å². The first-order chi connectivity index (χ1) is 15.1. The van der Waals surface area contributed by atoms with Gasteiger partial charge in [0.05, 0.1) is 23.4 Å². The summed E-state index contributed by atoms with van der Waals surface area (Å²) in [6.07, 6.45) is 0.103. The Bertz CT molecular complexity index is 1270. The first-order valence-electron chi connectivity index (χ1n) is 9.25. The van der Waals surface area contributed by atoms with Gasteiger partial charge < -0.3 is 5.32 Å². The number of hydrogen-bond acceptors (Lipinski definition) is 4. The molecule has 3 rings (SSSR count). The van der Waals surface area contributed by atoms with Crippen molar-refractivity contribution >= 4 is 71.0 Å². The maximum Gasteiger partial charge on any atom is 0.266 e. The Morgan fingerprint density at radius 1 is 0.938 bits per heavy atom. The van der Waals surface area contributed by atoms with Crippen LogP contribution in [0.2, 0.25) is 5.02 Å². The molecule has 0 heterocycles. The molecule has 0 fully saturated rings. The molecule has 0 atom stereocenters. The topological polar surface area (TPSA) is 92.3 Å². The van der Waals surface area contributed by atoms with Crippen molar-refractivity contribution in [1.82, 2.24) is 4.72 Å². The number of halogens is 3. The molecule has 2 amide bonds. The van der Waals surface area contributed by atoms with Gasteiger partial charge in [0.2, 0.25) is 15.9 Å². The lowest BCUT2D eigenvalue weighted by Gasteiger charge is -2.12. The molecule has 0 saturated carbocycles. The average Bonchev–Trinajstić information content (AvgIpc) is 2.72. The van der Waals surface area contributed by atoms with Crippen molar-refractivity contribution in [2.24, 2.45) is 0 Å². The standard InChI is InChI=1S/C22H17Br2ClN2O4S/c23-16-8-5-14(6-9-16)11-21(28)26-20-4-2-1-3-18(20)22(29)27-32(30,31)13-15-7-10-17(25)12-19(15)24/h1-10,12H,11,13H2,(H,26,28)(H,27,29). The van der Waals surface area contributed by atoms with Crippen LogP contribution in [-0.2, 0) is 27.0 Å². The van der Waals surface area contributed by atoms with Crippen molar-refractivity contribution in [3.63, 3.8) is 0 Å². The van der Waals surface area contributed by atoms with E-state index in [4.69, 9.17) is 11.6 Å². The monoisotopic (exact) mass is 598 g/mol. The van der Waals surface area contributed by atoms with Crippen molar-refractivity contribution in [2.45, 2.75) is 12.2 Å². The lowest BCUT2D eigenvalue weighted by Crippen LogP contribution is -2.32. The number of carbonyl (C=O) groups is 2. The van der Waals surface area contributed by atoms with E-state index in [1.165, 1.54) is 12.1 Å². The third-order valence-corrected chi connectivity index (χ3v) is 7.02. The summed E-state index contributed by atoms with van der Waals surface area (Å²) in [6, 6.07) is 18.2. The van der Waals surface area contributed by atoms with E-state index in [1.54, 1.807) is 30.3 Å². The molecule has 3 aromatic carbocycles. The molecule has 0 aliphatic heterocycles. The summed E-state index contributed by atoms with van der Waals surface area (Å²) < 4.78 is 28.6. The van der Waals surface area contributed by atoms with E-state index >= 15 is 0 Å². The number of nitrogens with one attached hydrogen (secondary N) is 2. The van der Waals surface area contributed by atoms with Crippen LogP contribution in [0.4, 0.5) is 5.69 Å². The van der Waals surface area contributed by atoms with Crippen molar-refractivity contribution in [3.8, 4) is 0 Å². The molecule has 0 saturated heterocycles. The number of hydrogen-bond donors (Lipinski definition) is 2. The average molecular weight is 601 g/mol. The Labute approximate surface area is 207 Å². The van der Waals surface area contributed by atoms with Crippen molar-refractivity contribution in [2.75, 3.05) is 5.32 Å². The molecule has 0 radical (unpaired) electrons. The van der Waals surface area contributed by atoms with Gasteiger partial charge >= 0.3 is 0 Å². The SMILES string of the molecule is O=C(Cc1ccc(Br)cc1)Nc1ccccc1C(=O)NS(=O)(=O)Cc1ccc(Cl)cc1Br. The molecule has 0 unspecified atom stereocenters. The number of carbonyl (C=O) groups excluding carboxylic acids is 2. The van der Waals surface area contributed by atoms with E-state index in [9.17, 15) is 18.0 Å². The van der Waals surface area contributed by atoms with Gasteiger partial charge in [-0.05, 0) is 47.5 Å². The zero-order valence-electron chi connectivity index (χ0n) is 16.4. The van der Waals surface area contributed by atoms with E-state index in [0.29, 0.717) is 15.1 Å². The van der Waals surface area contributed by atoms with Crippen LogP contribution in [0.25, 0.3) is 0 Å². The van der Waals surface area contributed by atoms with Gasteiger partial charge in [0.1, 0.15) is 0 Å². The summed E-state index contributed by atoms with van der Waals surface area (Å²) in [7, 11) is -4.00. The van der Waals surface area contributed by atoms with Gasteiger partial charge in [0.15, 0.2) is 0 Å². The molecule has 32 heavy (non-hydrogen) atoms. The number of sulfonamides is 1. The number of anilines is 1. The maximum atomic E-state index is 12.7. The van der Waals surface area contributed by atoms with E-state index in [1.807, 2.05) is 24.3 Å². The van der Waals surface area contributed by atoms with Gasteiger partial charge in [-0.1, -0.05) is 73.8 Å². The van der Waals surface area contributed by atoms with Crippen LogP contribution in [0.1, 0.15) is 21.5 Å². The van der Waals surface area contributed by atoms with Crippen molar-refractivity contribution in [1.29, 1.82) is 0 Å². The molecule has 0 aliphatic rings. The van der Waals surface area contributed by atoms with Gasteiger partial charge in [-0.2, -0.15) is 0 Å². The van der Waals surface area contributed by atoms with Crippen LogP contribution in [0.15, 0.2) is 75.7 Å². The normalized spacial score (nSPS) is 11.1. The minimum atomic E-state index is -4.00. The highest BCUT2D eigenvalue weighted by Gasteiger charge is 2.21. The van der Waals surface area contributed by atoms with Crippen LogP contribution in [0, 0.1) is 0 Å². The second-order valence-electron chi connectivity index (χ2n) is 6.82. The summed E-state index contributed by atoms with van der Waals surface area (Å²) in [5.41, 5.74) is 1.50. The Morgan fingerprint density at radius 3 is 2.31 bits per heavy atom. The summed E-state index contributed by atoms with van der Waals surface area (Å²) in [4.78, 5) is 25.2. The lowest BCUT2D eigenvalue weighted by molar-refractivity contribution is -0.115. The van der Waals surface area contributed by atoms with Crippen LogP contribution < -0.4 is 10.0 Å². The third-order valence-electron chi connectivity index (χ3n) is 4.33. The fourth-order valence-corrected chi connectivity index (χ4v) is 5.25. The van der Waals surface area contributed by atoms with E-state index in [2.05, 4.69) is 41.9 Å². The minimum absolute atomic E-state index is 0.0374. The molecule has 0 spiro atoms. The predicted molar refractivity (Wildman–Crippen MR) is 132 cm³/mol. The number of para-hydroxylation sites is 1. The van der Waals surface area contributed by atoms with Gasteiger partial charge in [0, 0.05) is 14.0 Å². The number of benzene rings is 3. The first kappa shape index (κ1) is 24.4. The Kier molecular flexibility index (Phi) is 8.10. The van der Waals surface area contributed by atoms with Crippen LogP contribution in [-0.4, -0.2) is 20.2 Å². The number of rotatable bonds is 7. The van der Waals surface area contributed by atoms with Gasteiger partial charge in [-0.25, -0.2) is 13.1 Å². The summed E-state index contributed by atoms with van der Waals surface area (Å²) in [5.74, 6) is -1.59. The zero-order chi connectivity index (χ0) is 23.3. The van der Waals surface area contributed by atoms with Gasteiger partial charge in [-0.3, -0.25) is 9.59 Å². The Balaban J connectivity index is 1.71. The zero-order valence-corrected chi connectivity index (χ0v) is 21.2. The number of amides is 2. The van der Waals surface area contributed by atoms with E-state index in [-0.39, 0.29) is 23.6 Å². The minimum Gasteiger partial charge on any atom is -0.325 e. The molecule has 10 heteroatoms. The highest BCUT2D eigenvalue weighted by molar-refractivity contribution is 9.10. The fourth-order valence-electron chi connectivity index (χ4n) is 2.85. The molecule has 3 aromatic rings. The van der Waals surface area contributed by atoms with Crippen molar-refractivity contribution < 1.29 is 18.0 Å². The predicted octanol–water partition coefficient (Wildman–Crippen LogP) is 5.31. The highest BCUT2D eigenvalue weighted by Crippen LogP contribution is 2.23. The fraction of sp³-hybridized carbons (Fsp3) is 0.0909. The van der Waals surface area contributed by atoms with Crippen LogP contribution in [0.3, 0.4) is 0 Å². The maximum absolute atomic E-state index is 12.7. The second-order valence-corrected chi connectivity index (χ2v) is 10.8. The van der Waals surface area contributed by atoms with Crippen molar-refractivity contribution in [3.05, 3.63) is 97.4 Å². The Morgan fingerprint density at radius 2 is 1.62 bits per heavy atom. The summed E-state index contributed by atoms with van der Waals surface area (Å²) >= 11 is 12.5. The highest BCUT2D eigenvalue weighted by atomic mass is 79.9. The van der Waals surface area contributed by atoms with Gasteiger partial charge in [-0.15, -0.1) is 0 Å². The smallest absolute Gasteiger partial charge is 0.266 e.